The highest BCUT2D eigenvalue weighted by atomic mass is 79.9. The van der Waals surface area contributed by atoms with E-state index in [1.165, 1.54) is 4.31 Å². The minimum atomic E-state index is -3.42. The summed E-state index contributed by atoms with van der Waals surface area (Å²) in [5, 5.41) is 0. The molecule has 1 unspecified atom stereocenters. The van der Waals surface area contributed by atoms with Crippen LogP contribution in [0.5, 0.6) is 0 Å². The van der Waals surface area contributed by atoms with E-state index in [1.54, 1.807) is 11.4 Å². The van der Waals surface area contributed by atoms with Crippen LogP contribution in [0.2, 0.25) is 0 Å². The van der Waals surface area contributed by atoms with E-state index in [-0.39, 0.29) is 5.92 Å². The number of nitrogens with zero attached hydrogens (tertiary/aromatic N) is 2. The second-order valence-corrected chi connectivity index (χ2v) is 8.67. The van der Waals surface area contributed by atoms with Gasteiger partial charge in [-0.2, -0.15) is 17.0 Å². The number of hydrogen-bond acceptors (Lipinski definition) is 2. The summed E-state index contributed by atoms with van der Waals surface area (Å²) in [7, 11) is -1.80. The molecule has 0 N–H and O–H groups in total. The number of hydrogen-bond donors (Lipinski definition) is 0. The molecule has 0 amide bonds. The first-order valence-corrected chi connectivity index (χ1v) is 9.67. The van der Waals surface area contributed by atoms with Gasteiger partial charge in [0, 0.05) is 37.0 Å². The molecule has 0 spiro atoms. The van der Waals surface area contributed by atoms with Gasteiger partial charge in [-0.3, -0.25) is 0 Å². The van der Waals surface area contributed by atoms with Gasteiger partial charge in [0.15, 0.2) is 0 Å². The average Bonchev–Trinajstić information content (AvgIpc) is 2.47. The van der Waals surface area contributed by atoms with Crippen LogP contribution in [0.4, 0.5) is 0 Å². The second kappa shape index (κ2) is 7.42. The van der Waals surface area contributed by atoms with Crippen molar-refractivity contribution in [3.63, 3.8) is 0 Å². The molecule has 1 atom stereocenters. The first-order chi connectivity index (χ1) is 9.93. The first kappa shape index (κ1) is 17.2. The Morgan fingerprint density at radius 3 is 2.90 bits per heavy atom. The van der Waals surface area contributed by atoms with Crippen molar-refractivity contribution in [3.8, 4) is 0 Å². The average molecular weight is 396 g/mol. The molecular formula is C14H20BrClN2O2S. The van der Waals surface area contributed by atoms with Crippen LogP contribution in [0.1, 0.15) is 18.4 Å². The zero-order chi connectivity index (χ0) is 15.5. The Hall–Kier alpha value is -0.140. The molecule has 7 heteroatoms. The maximum absolute atomic E-state index is 12.6. The van der Waals surface area contributed by atoms with Crippen LogP contribution in [0, 0.1) is 5.92 Å². The third-order valence-electron chi connectivity index (χ3n) is 3.71. The molecule has 2 rings (SSSR count). The van der Waals surface area contributed by atoms with Gasteiger partial charge in [-0.05, 0) is 36.5 Å². The first-order valence-electron chi connectivity index (χ1n) is 6.95. The predicted octanol–water partition coefficient (Wildman–Crippen LogP) is 3.08. The molecule has 4 nitrogen and oxygen atoms in total. The van der Waals surface area contributed by atoms with Crippen molar-refractivity contribution in [2.24, 2.45) is 5.92 Å². The summed E-state index contributed by atoms with van der Waals surface area (Å²) in [6.45, 7) is 1.47. The van der Waals surface area contributed by atoms with Crippen LogP contribution < -0.4 is 0 Å². The van der Waals surface area contributed by atoms with Crippen molar-refractivity contribution in [1.29, 1.82) is 0 Å². The summed E-state index contributed by atoms with van der Waals surface area (Å²) in [6, 6.07) is 7.69. The van der Waals surface area contributed by atoms with Crippen LogP contribution in [-0.2, 0) is 16.8 Å². The highest BCUT2D eigenvalue weighted by Gasteiger charge is 2.31. The van der Waals surface area contributed by atoms with Crippen molar-refractivity contribution in [2.75, 3.05) is 26.0 Å². The predicted molar refractivity (Wildman–Crippen MR) is 89.5 cm³/mol. The molecule has 1 heterocycles. The van der Waals surface area contributed by atoms with Gasteiger partial charge in [0.1, 0.15) is 0 Å². The molecule has 1 aromatic rings. The quantitative estimate of drug-likeness (QED) is 0.719. The molecule has 1 fully saturated rings. The van der Waals surface area contributed by atoms with Crippen LogP contribution in [0.25, 0.3) is 0 Å². The molecule has 118 valence electrons. The van der Waals surface area contributed by atoms with E-state index >= 15 is 0 Å². The maximum Gasteiger partial charge on any atom is 0.282 e. The summed E-state index contributed by atoms with van der Waals surface area (Å²) in [5.41, 5.74) is 0.960. The van der Waals surface area contributed by atoms with E-state index in [9.17, 15) is 8.42 Å². The lowest BCUT2D eigenvalue weighted by Gasteiger charge is -2.33. The summed E-state index contributed by atoms with van der Waals surface area (Å²) in [6.07, 6.45) is 1.88. The van der Waals surface area contributed by atoms with Crippen molar-refractivity contribution >= 4 is 37.7 Å². The number of rotatable bonds is 5. The van der Waals surface area contributed by atoms with E-state index in [0.29, 0.717) is 25.5 Å². The van der Waals surface area contributed by atoms with Crippen LogP contribution in [-0.4, -0.2) is 43.0 Å². The minimum Gasteiger partial charge on any atom is -0.195 e. The maximum atomic E-state index is 12.6. The zero-order valence-electron chi connectivity index (χ0n) is 12.0. The fraction of sp³-hybridized carbons (Fsp3) is 0.571. The summed E-state index contributed by atoms with van der Waals surface area (Å²) in [4.78, 5) is 0. The van der Waals surface area contributed by atoms with E-state index < -0.39 is 10.2 Å². The summed E-state index contributed by atoms with van der Waals surface area (Å²) in [5.74, 6) is 0.774. The minimum absolute atomic E-state index is 0.259. The molecule has 0 bridgehead atoms. The summed E-state index contributed by atoms with van der Waals surface area (Å²) >= 11 is 9.29. The standard InChI is InChI=1S/C14H20BrClN2O2S/c1-17(10-12-4-2-6-14(15)8-12)21(19,20)18-7-3-5-13(9-16)11-18/h2,4,6,8,13H,3,5,7,9-11H2,1H3. The van der Waals surface area contributed by atoms with Gasteiger partial charge in [-0.1, -0.05) is 28.1 Å². The van der Waals surface area contributed by atoms with Crippen LogP contribution >= 0.6 is 27.5 Å². The molecule has 0 aromatic heterocycles. The third-order valence-corrected chi connectivity index (χ3v) is 6.55. The van der Waals surface area contributed by atoms with Gasteiger partial charge in [0.2, 0.25) is 0 Å². The normalized spacial score (nSPS) is 20.9. The summed E-state index contributed by atoms with van der Waals surface area (Å²) < 4.78 is 29.2. The number of piperidine rings is 1. The molecule has 0 saturated carbocycles. The van der Waals surface area contributed by atoms with Crippen molar-refractivity contribution in [1.82, 2.24) is 8.61 Å². The number of halogens is 2. The SMILES string of the molecule is CN(Cc1cccc(Br)c1)S(=O)(=O)N1CCCC(CCl)C1. The van der Waals surface area contributed by atoms with Crippen LogP contribution in [0.15, 0.2) is 28.7 Å². The topological polar surface area (TPSA) is 40.6 Å². The van der Waals surface area contributed by atoms with Gasteiger partial charge in [0.05, 0.1) is 0 Å². The molecule has 1 aliphatic heterocycles. The van der Waals surface area contributed by atoms with Gasteiger partial charge in [-0.25, -0.2) is 0 Å². The lowest BCUT2D eigenvalue weighted by atomic mass is 10.0. The lowest BCUT2D eigenvalue weighted by Crippen LogP contribution is -2.46. The van der Waals surface area contributed by atoms with Gasteiger partial charge >= 0.3 is 0 Å². The smallest absolute Gasteiger partial charge is 0.195 e. The zero-order valence-corrected chi connectivity index (χ0v) is 15.2. The fourth-order valence-electron chi connectivity index (χ4n) is 2.53. The van der Waals surface area contributed by atoms with Gasteiger partial charge in [-0.15, -0.1) is 11.6 Å². The van der Waals surface area contributed by atoms with Gasteiger partial charge < -0.3 is 0 Å². The highest BCUT2D eigenvalue weighted by molar-refractivity contribution is 9.10. The van der Waals surface area contributed by atoms with Crippen molar-refractivity contribution < 1.29 is 8.42 Å². The monoisotopic (exact) mass is 394 g/mol. The van der Waals surface area contributed by atoms with E-state index in [2.05, 4.69) is 15.9 Å². The van der Waals surface area contributed by atoms with Crippen LogP contribution in [0.3, 0.4) is 0 Å². The van der Waals surface area contributed by atoms with E-state index in [4.69, 9.17) is 11.6 Å². The Balaban J connectivity index is 2.07. The Kier molecular flexibility index (Phi) is 6.08. The molecule has 0 radical (unpaired) electrons. The molecular weight excluding hydrogens is 376 g/mol. The van der Waals surface area contributed by atoms with Crippen molar-refractivity contribution in [3.05, 3.63) is 34.3 Å². The molecule has 1 saturated heterocycles. The Morgan fingerprint density at radius 1 is 1.48 bits per heavy atom. The van der Waals surface area contributed by atoms with E-state index in [0.717, 1.165) is 22.9 Å². The molecule has 21 heavy (non-hydrogen) atoms. The number of benzene rings is 1. The Bertz CT molecular complexity index is 582. The Morgan fingerprint density at radius 2 is 2.24 bits per heavy atom. The van der Waals surface area contributed by atoms with Crippen molar-refractivity contribution in [2.45, 2.75) is 19.4 Å². The van der Waals surface area contributed by atoms with Gasteiger partial charge in [0.25, 0.3) is 10.2 Å². The third kappa shape index (κ3) is 4.42. The molecule has 1 aromatic carbocycles. The molecule has 0 aliphatic carbocycles. The molecule has 1 aliphatic rings. The Labute approximate surface area is 140 Å². The fourth-order valence-corrected chi connectivity index (χ4v) is 4.70. The highest BCUT2D eigenvalue weighted by Crippen LogP contribution is 2.22. The second-order valence-electron chi connectivity index (χ2n) is 5.41. The largest absolute Gasteiger partial charge is 0.282 e. The lowest BCUT2D eigenvalue weighted by molar-refractivity contribution is 0.265. The number of alkyl halides is 1. The van der Waals surface area contributed by atoms with E-state index in [1.807, 2.05) is 24.3 Å².